The van der Waals surface area contributed by atoms with Gasteiger partial charge in [-0.2, -0.15) is 0 Å². The molecule has 0 amide bonds. The number of morpholine rings is 1. The first-order valence-corrected chi connectivity index (χ1v) is 5.56. The maximum atomic E-state index is 5.79. The predicted octanol–water partition coefficient (Wildman–Crippen LogP) is 1.31. The number of nitrogens with zero attached hydrogens (tertiary/aromatic N) is 3. The van der Waals surface area contributed by atoms with Crippen molar-refractivity contribution in [3.8, 4) is 0 Å². The Hall–Kier alpha value is -0.870. The van der Waals surface area contributed by atoms with E-state index in [0.29, 0.717) is 18.5 Å². The standard InChI is InChI=1S/C10H14ClN3O/c1-8-7-15-9(5-11)6-14(8)10-12-3-2-4-13-10/h2-4,8-9H,5-7H2,1H3. The number of hydrogen-bond acceptors (Lipinski definition) is 4. The number of rotatable bonds is 2. The topological polar surface area (TPSA) is 38.2 Å². The number of hydrogen-bond donors (Lipinski definition) is 0. The number of halogens is 1. The van der Waals surface area contributed by atoms with Gasteiger partial charge in [-0.05, 0) is 13.0 Å². The molecule has 0 spiro atoms. The minimum absolute atomic E-state index is 0.0756. The van der Waals surface area contributed by atoms with Crippen molar-refractivity contribution in [1.82, 2.24) is 9.97 Å². The van der Waals surface area contributed by atoms with E-state index >= 15 is 0 Å². The van der Waals surface area contributed by atoms with Gasteiger partial charge in [-0.15, -0.1) is 11.6 Å². The van der Waals surface area contributed by atoms with Gasteiger partial charge in [0.1, 0.15) is 0 Å². The summed E-state index contributed by atoms with van der Waals surface area (Å²) in [4.78, 5) is 10.6. The minimum Gasteiger partial charge on any atom is -0.373 e. The highest BCUT2D eigenvalue weighted by Crippen LogP contribution is 2.17. The average molecular weight is 228 g/mol. The fraction of sp³-hybridized carbons (Fsp3) is 0.600. The van der Waals surface area contributed by atoms with Gasteiger partial charge >= 0.3 is 0 Å². The third-order valence-electron chi connectivity index (χ3n) is 2.49. The van der Waals surface area contributed by atoms with E-state index in [9.17, 15) is 0 Å². The van der Waals surface area contributed by atoms with E-state index in [4.69, 9.17) is 16.3 Å². The van der Waals surface area contributed by atoms with E-state index in [2.05, 4.69) is 21.8 Å². The highest BCUT2D eigenvalue weighted by Gasteiger charge is 2.26. The van der Waals surface area contributed by atoms with E-state index in [1.165, 1.54) is 0 Å². The highest BCUT2D eigenvalue weighted by molar-refractivity contribution is 6.18. The highest BCUT2D eigenvalue weighted by atomic mass is 35.5. The van der Waals surface area contributed by atoms with Crippen molar-refractivity contribution >= 4 is 17.5 Å². The van der Waals surface area contributed by atoms with Crippen molar-refractivity contribution in [3.63, 3.8) is 0 Å². The first kappa shape index (κ1) is 10.6. The van der Waals surface area contributed by atoms with Gasteiger partial charge in [-0.25, -0.2) is 9.97 Å². The first-order valence-electron chi connectivity index (χ1n) is 5.02. The molecule has 0 aliphatic carbocycles. The zero-order valence-corrected chi connectivity index (χ0v) is 9.39. The molecule has 0 bridgehead atoms. The van der Waals surface area contributed by atoms with E-state index in [1.807, 2.05) is 6.07 Å². The average Bonchev–Trinajstić information content (AvgIpc) is 2.31. The number of aromatic nitrogens is 2. The summed E-state index contributed by atoms with van der Waals surface area (Å²) in [6, 6.07) is 2.11. The molecular formula is C10H14ClN3O. The maximum Gasteiger partial charge on any atom is 0.225 e. The van der Waals surface area contributed by atoms with Crippen LogP contribution in [0.25, 0.3) is 0 Å². The Morgan fingerprint density at radius 2 is 2.27 bits per heavy atom. The first-order chi connectivity index (χ1) is 7.31. The van der Waals surface area contributed by atoms with Crippen LogP contribution in [-0.2, 0) is 4.74 Å². The van der Waals surface area contributed by atoms with Gasteiger partial charge in [-0.3, -0.25) is 0 Å². The molecule has 1 fully saturated rings. The van der Waals surface area contributed by atoms with Gasteiger partial charge in [0, 0.05) is 18.9 Å². The molecule has 0 radical (unpaired) electrons. The second kappa shape index (κ2) is 4.77. The molecule has 1 aliphatic heterocycles. The minimum atomic E-state index is 0.0756. The molecule has 1 aliphatic rings. The monoisotopic (exact) mass is 227 g/mol. The molecule has 5 heteroatoms. The Balaban J connectivity index is 2.13. The summed E-state index contributed by atoms with van der Waals surface area (Å²) in [5.74, 6) is 1.26. The quantitative estimate of drug-likeness (QED) is 0.715. The lowest BCUT2D eigenvalue weighted by atomic mass is 10.2. The predicted molar refractivity (Wildman–Crippen MR) is 59.3 cm³/mol. The lowest BCUT2D eigenvalue weighted by molar-refractivity contribution is 0.0358. The van der Waals surface area contributed by atoms with E-state index in [1.54, 1.807) is 12.4 Å². The molecule has 2 unspecified atom stereocenters. The molecule has 15 heavy (non-hydrogen) atoms. The van der Waals surface area contributed by atoms with Crippen LogP contribution in [-0.4, -0.2) is 41.1 Å². The van der Waals surface area contributed by atoms with Gasteiger partial charge in [0.05, 0.1) is 24.6 Å². The molecule has 0 N–H and O–H groups in total. The van der Waals surface area contributed by atoms with Crippen LogP contribution in [0.5, 0.6) is 0 Å². The van der Waals surface area contributed by atoms with Gasteiger partial charge < -0.3 is 9.64 Å². The van der Waals surface area contributed by atoms with Gasteiger partial charge in [0.15, 0.2) is 0 Å². The lowest BCUT2D eigenvalue weighted by Crippen LogP contribution is -2.49. The van der Waals surface area contributed by atoms with Gasteiger partial charge in [0.25, 0.3) is 0 Å². The Morgan fingerprint density at radius 3 is 2.93 bits per heavy atom. The molecule has 0 saturated carbocycles. The largest absolute Gasteiger partial charge is 0.373 e. The molecule has 82 valence electrons. The van der Waals surface area contributed by atoms with E-state index in [0.717, 1.165) is 12.5 Å². The summed E-state index contributed by atoms with van der Waals surface area (Å²) in [7, 11) is 0. The molecule has 2 atom stereocenters. The summed E-state index contributed by atoms with van der Waals surface area (Å²) in [6.45, 7) is 3.53. The van der Waals surface area contributed by atoms with E-state index < -0.39 is 0 Å². The van der Waals surface area contributed by atoms with Crippen LogP contribution in [0, 0.1) is 0 Å². The summed E-state index contributed by atoms with van der Waals surface area (Å²) < 4.78 is 5.56. The van der Waals surface area contributed by atoms with Crippen molar-refractivity contribution in [1.29, 1.82) is 0 Å². The maximum absolute atomic E-state index is 5.79. The van der Waals surface area contributed by atoms with Crippen LogP contribution in [0.4, 0.5) is 5.95 Å². The van der Waals surface area contributed by atoms with Crippen molar-refractivity contribution in [2.45, 2.75) is 19.1 Å². The van der Waals surface area contributed by atoms with Gasteiger partial charge in [0.2, 0.25) is 5.95 Å². The van der Waals surface area contributed by atoms with Crippen LogP contribution in [0.15, 0.2) is 18.5 Å². The third kappa shape index (κ3) is 2.38. The lowest BCUT2D eigenvalue weighted by Gasteiger charge is -2.37. The smallest absolute Gasteiger partial charge is 0.225 e. The molecular weight excluding hydrogens is 214 g/mol. The Morgan fingerprint density at radius 1 is 1.53 bits per heavy atom. The molecule has 2 rings (SSSR count). The van der Waals surface area contributed by atoms with Gasteiger partial charge in [-0.1, -0.05) is 0 Å². The van der Waals surface area contributed by atoms with Crippen molar-refractivity contribution in [2.24, 2.45) is 0 Å². The Labute approximate surface area is 94.2 Å². The Kier molecular flexibility index (Phi) is 3.38. The van der Waals surface area contributed by atoms with Crippen LogP contribution in [0.1, 0.15) is 6.92 Å². The summed E-state index contributed by atoms with van der Waals surface area (Å²) in [5.41, 5.74) is 0. The molecule has 1 saturated heterocycles. The van der Waals surface area contributed by atoms with E-state index in [-0.39, 0.29) is 6.10 Å². The fourth-order valence-electron chi connectivity index (χ4n) is 1.63. The van der Waals surface area contributed by atoms with Crippen LogP contribution in [0.3, 0.4) is 0 Å². The summed E-state index contributed by atoms with van der Waals surface area (Å²) >= 11 is 5.79. The zero-order valence-electron chi connectivity index (χ0n) is 8.64. The second-order valence-electron chi connectivity index (χ2n) is 3.66. The Bertz CT molecular complexity index is 309. The SMILES string of the molecule is CC1COC(CCl)CN1c1ncccn1. The molecule has 0 aromatic carbocycles. The number of ether oxygens (including phenoxy) is 1. The van der Waals surface area contributed by atoms with Crippen molar-refractivity contribution < 1.29 is 4.74 Å². The molecule has 1 aromatic rings. The summed E-state index contributed by atoms with van der Waals surface area (Å²) in [6.07, 6.45) is 3.58. The zero-order chi connectivity index (χ0) is 10.7. The van der Waals surface area contributed by atoms with Crippen LogP contribution < -0.4 is 4.90 Å². The second-order valence-corrected chi connectivity index (χ2v) is 3.97. The normalized spacial score (nSPS) is 26.7. The molecule has 2 heterocycles. The summed E-state index contributed by atoms with van der Waals surface area (Å²) in [5, 5.41) is 0. The van der Waals surface area contributed by atoms with Crippen molar-refractivity contribution in [2.75, 3.05) is 23.9 Å². The van der Waals surface area contributed by atoms with Crippen LogP contribution >= 0.6 is 11.6 Å². The number of anilines is 1. The molecule has 4 nitrogen and oxygen atoms in total. The van der Waals surface area contributed by atoms with Crippen molar-refractivity contribution in [3.05, 3.63) is 18.5 Å². The molecule has 1 aromatic heterocycles. The number of alkyl halides is 1. The fourth-order valence-corrected chi connectivity index (χ4v) is 1.82. The third-order valence-corrected chi connectivity index (χ3v) is 2.83. The van der Waals surface area contributed by atoms with Crippen LogP contribution in [0.2, 0.25) is 0 Å².